The standard InChI is InChI=1S/C45H55N4O4.Mg/c1-11-30-26(6)33-21-35-28(8)32(17-14-19-53-20-18-25(5)16-13-15-24(3)4)42(48-35)40-41(45(51)52-10)44(50)39-29(9)36(49-43(39)40)23-38-31(12-2)27(7)34(47-38)22-37(30)46-33;/h11,18,21-24,28,32,41H,1,12-17,19-20H2,2-10H3,(H-,48,49,50);/q-3;+2/p-1/b25-18-,34-22-,35-21-,38-23-;/t28-,32-,41+;/m0./s1. The van der Waals surface area contributed by atoms with E-state index in [1.165, 1.54) is 25.5 Å². The van der Waals surface area contributed by atoms with E-state index in [0.717, 1.165) is 92.9 Å². The molecule has 0 saturated carbocycles. The smallest absolute Gasteiger partial charge is 0.664 e. The fourth-order valence-corrected chi connectivity index (χ4v) is 8.23. The van der Waals surface area contributed by atoms with E-state index in [1.54, 1.807) is 0 Å². The Hall–Kier alpha value is -3.79. The van der Waals surface area contributed by atoms with Gasteiger partial charge in [-0.2, -0.15) is 11.4 Å². The zero-order valence-corrected chi connectivity index (χ0v) is 35.1. The van der Waals surface area contributed by atoms with E-state index >= 15 is 0 Å². The van der Waals surface area contributed by atoms with Gasteiger partial charge in [0.1, 0.15) is 5.92 Å². The monoisotopic (exact) mass is 738 g/mol. The molecule has 282 valence electrons. The SMILES string of the molecule is C=Cc1c2[n-]c(c1C)/C=C1\[N-]/C(=C3\c4[n-]c(c(C)c4C(=O)[C@@H]3C(=O)OC)/C=c3\[n-]/c(c(C)c3CC)=C\2)[C@@H](CCCOC/C=C(/C)CCCC(C)C)[C@@H]1C.[Mg+2]. The minimum absolute atomic E-state index is 0. The van der Waals surface area contributed by atoms with Crippen molar-refractivity contribution in [1.82, 2.24) is 15.0 Å². The summed E-state index contributed by atoms with van der Waals surface area (Å²) >= 11 is 0. The van der Waals surface area contributed by atoms with E-state index in [4.69, 9.17) is 29.7 Å². The minimum atomic E-state index is -1.12. The maximum absolute atomic E-state index is 14.3. The predicted octanol–water partition coefficient (Wildman–Crippen LogP) is 7.23. The molecule has 9 heteroatoms. The van der Waals surface area contributed by atoms with Crippen molar-refractivity contribution in [1.29, 1.82) is 0 Å². The number of rotatable bonds is 13. The number of fused-ring (bicyclic) bond motifs is 7. The molecule has 1 fully saturated rings. The quantitative estimate of drug-likeness (QED) is 0.0599. The molecular weight excluding hydrogens is 685 g/mol. The number of esters is 1. The molecule has 2 aliphatic heterocycles. The van der Waals surface area contributed by atoms with Crippen molar-refractivity contribution in [3.05, 3.63) is 102 Å². The number of carbonyl (C=O) groups is 2. The van der Waals surface area contributed by atoms with Crippen LogP contribution in [0.4, 0.5) is 0 Å². The first-order valence-corrected chi connectivity index (χ1v) is 19.3. The van der Waals surface area contributed by atoms with Gasteiger partial charge in [-0.1, -0.05) is 104 Å². The van der Waals surface area contributed by atoms with E-state index in [2.05, 4.69) is 67.2 Å². The molecule has 0 radical (unpaired) electrons. The zero-order valence-electron chi connectivity index (χ0n) is 33.7. The fraction of sp³-hybridized carbons (Fsp3) is 0.467. The van der Waals surface area contributed by atoms with E-state index in [9.17, 15) is 9.59 Å². The average Bonchev–Trinajstić information content (AvgIpc) is 3.86. The second-order valence-corrected chi connectivity index (χ2v) is 15.3. The third-order valence-electron chi connectivity index (χ3n) is 11.5. The fourth-order valence-electron chi connectivity index (χ4n) is 8.23. The summed E-state index contributed by atoms with van der Waals surface area (Å²) in [5.41, 5.74) is 11.7. The van der Waals surface area contributed by atoms with Gasteiger partial charge < -0.3 is 29.7 Å². The van der Waals surface area contributed by atoms with E-state index in [-0.39, 0.29) is 40.7 Å². The summed E-state index contributed by atoms with van der Waals surface area (Å²) < 4.78 is 11.4. The number of aromatic nitrogens is 3. The molecule has 0 amide bonds. The normalized spacial score (nSPS) is 22.6. The van der Waals surface area contributed by atoms with Crippen LogP contribution in [0.2, 0.25) is 0 Å². The summed E-state index contributed by atoms with van der Waals surface area (Å²) in [7, 11) is 1.33. The molecule has 0 N–H and O–H groups in total. The zero-order chi connectivity index (χ0) is 38.1. The molecule has 3 atom stereocenters. The van der Waals surface area contributed by atoms with Crippen LogP contribution in [0.1, 0.15) is 128 Å². The van der Waals surface area contributed by atoms with Crippen molar-refractivity contribution < 1.29 is 19.1 Å². The van der Waals surface area contributed by atoms with Crippen molar-refractivity contribution in [3.8, 4) is 0 Å². The second kappa shape index (κ2) is 17.3. The van der Waals surface area contributed by atoms with Gasteiger partial charge in [-0.3, -0.25) is 9.59 Å². The number of ether oxygens (including phenoxy) is 2. The van der Waals surface area contributed by atoms with Crippen LogP contribution in [0.25, 0.3) is 35.2 Å². The van der Waals surface area contributed by atoms with Crippen molar-refractivity contribution in [2.75, 3.05) is 20.3 Å². The van der Waals surface area contributed by atoms with Gasteiger partial charge in [-0.05, 0) is 83.1 Å². The number of carbonyl (C=O) groups excluding carboxylic acids is 2. The number of hydrogen-bond acceptors (Lipinski definition) is 4. The van der Waals surface area contributed by atoms with Crippen LogP contribution in [-0.2, 0) is 20.7 Å². The number of hydrogen-bond donors (Lipinski definition) is 0. The van der Waals surface area contributed by atoms with Gasteiger partial charge in [-0.15, -0.1) is 33.5 Å². The van der Waals surface area contributed by atoms with Crippen LogP contribution in [0.15, 0.2) is 29.6 Å². The van der Waals surface area contributed by atoms with Crippen molar-refractivity contribution >= 4 is 64.7 Å². The van der Waals surface area contributed by atoms with Gasteiger partial charge in [-0.25, -0.2) is 0 Å². The Kier molecular flexibility index (Phi) is 13.3. The average molecular weight is 739 g/mol. The molecule has 54 heavy (non-hydrogen) atoms. The molecule has 0 spiro atoms. The van der Waals surface area contributed by atoms with Gasteiger partial charge in [0.05, 0.1) is 13.7 Å². The summed E-state index contributed by atoms with van der Waals surface area (Å²) in [5.74, 6) is -1.38. The van der Waals surface area contributed by atoms with Crippen LogP contribution >= 0.6 is 0 Å². The Labute approximate surface area is 336 Å². The van der Waals surface area contributed by atoms with Gasteiger partial charge in [0.15, 0.2) is 5.78 Å². The molecule has 6 rings (SSSR count). The number of nitrogens with zero attached hydrogens (tertiary/aromatic N) is 4. The third kappa shape index (κ3) is 7.82. The maximum atomic E-state index is 14.3. The minimum Gasteiger partial charge on any atom is -0.664 e. The first-order valence-electron chi connectivity index (χ1n) is 19.3. The Morgan fingerprint density at radius 3 is 2.39 bits per heavy atom. The summed E-state index contributed by atoms with van der Waals surface area (Å²) in [6.45, 7) is 22.4. The van der Waals surface area contributed by atoms with Crippen molar-refractivity contribution in [3.63, 3.8) is 0 Å². The molecule has 3 aliphatic rings. The molecule has 1 aliphatic carbocycles. The molecule has 0 aromatic carbocycles. The summed E-state index contributed by atoms with van der Waals surface area (Å²) in [4.78, 5) is 43.0. The number of Topliss-reactive ketones (excluding diaryl/α,β-unsaturated/α-hetero) is 1. The van der Waals surface area contributed by atoms with Crippen LogP contribution in [0.3, 0.4) is 0 Å². The summed E-state index contributed by atoms with van der Waals surface area (Å²) in [5, 5.41) is 6.95. The van der Waals surface area contributed by atoms with Gasteiger partial charge in [0.25, 0.3) is 0 Å². The molecule has 1 saturated heterocycles. The molecule has 8 bridgehead atoms. The second-order valence-electron chi connectivity index (χ2n) is 15.3. The van der Waals surface area contributed by atoms with Crippen LogP contribution < -0.4 is 25.7 Å². The maximum Gasteiger partial charge on any atom is 2.00 e. The van der Waals surface area contributed by atoms with Crippen molar-refractivity contribution in [2.24, 2.45) is 23.7 Å². The molecule has 8 nitrogen and oxygen atoms in total. The van der Waals surface area contributed by atoms with E-state index in [1.807, 2.05) is 25.2 Å². The predicted molar refractivity (Wildman–Crippen MR) is 218 cm³/mol. The van der Waals surface area contributed by atoms with Gasteiger partial charge in [0, 0.05) is 12.2 Å². The molecule has 0 unspecified atom stereocenters. The van der Waals surface area contributed by atoms with Crippen molar-refractivity contribution in [2.45, 2.75) is 93.9 Å². The Bertz CT molecular complexity index is 2150. The Morgan fingerprint density at radius 2 is 1.70 bits per heavy atom. The summed E-state index contributed by atoms with van der Waals surface area (Å²) in [6, 6.07) is 0. The molecule has 3 aromatic rings. The topological polar surface area (TPSA) is 109 Å². The Morgan fingerprint density at radius 1 is 0.981 bits per heavy atom. The Balaban J connectivity index is 0.00000561. The number of ketones is 1. The molecule has 5 heterocycles. The van der Waals surface area contributed by atoms with Crippen LogP contribution in [-0.4, -0.2) is 55.1 Å². The first kappa shape index (κ1) is 41.4. The number of allylic oxidation sites excluding steroid dienone is 3. The van der Waals surface area contributed by atoms with Gasteiger partial charge >= 0.3 is 29.0 Å². The number of methoxy groups -OCH3 is 1. The molecular formula is C45H54MgN4O4-2. The third-order valence-corrected chi connectivity index (χ3v) is 11.5. The molecule has 3 aromatic heterocycles. The van der Waals surface area contributed by atoms with E-state index in [0.29, 0.717) is 35.7 Å². The van der Waals surface area contributed by atoms with Gasteiger partial charge in [0.2, 0.25) is 0 Å². The summed E-state index contributed by atoms with van der Waals surface area (Å²) in [6.07, 6.45) is 16.0. The van der Waals surface area contributed by atoms with Crippen LogP contribution in [0, 0.1) is 44.4 Å². The first-order chi connectivity index (χ1) is 25.4. The van der Waals surface area contributed by atoms with E-state index < -0.39 is 11.9 Å². The van der Waals surface area contributed by atoms with Crippen LogP contribution in [0.5, 0.6) is 0 Å². The largest absolute Gasteiger partial charge is 2.00 e.